The summed E-state index contributed by atoms with van der Waals surface area (Å²) >= 11 is 0. The zero-order valence-corrected chi connectivity index (χ0v) is 9.51. The Kier molecular flexibility index (Phi) is 4.74. The molecule has 0 radical (unpaired) electrons. The molecular formula is C11H16N2O4. The van der Waals surface area contributed by atoms with Gasteiger partial charge in [0.15, 0.2) is 0 Å². The van der Waals surface area contributed by atoms with Gasteiger partial charge in [0.05, 0.1) is 32.1 Å². The van der Waals surface area contributed by atoms with Gasteiger partial charge in [-0.2, -0.15) is 0 Å². The van der Waals surface area contributed by atoms with Crippen molar-refractivity contribution in [3.05, 3.63) is 23.8 Å². The highest BCUT2D eigenvalue weighted by molar-refractivity contribution is 5.95. The Balaban J connectivity index is 2.82. The highest BCUT2D eigenvalue weighted by Crippen LogP contribution is 2.21. The summed E-state index contributed by atoms with van der Waals surface area (Å²) in [6.45, 7) is -0.650. The van der Waals surface area contributed by atoms with Crippen LogP contribution in [-0.4, -0.2) is 42.5 Å². The van der Waals surface area contributed by atoms with Crippen LogP contribution in [0.1, 0.15) is 10.4 Å². The van der Waals surface area contributed by atoms with Gasteiger partial charge in [-0.25, -0.2) is 0 Å². The zero-order valence-electron chi connectivity index (χ0n) is 9.51. The van der Waals surface area contributed by atoms with Crippen LogP contribution in [0, 0.1) is 0 Å². The first-order valence-electron chi connectivity index (χ1n) is 5.08. The predicted molar refractivity (Wildman–Crippen MR) is 62.8 cm³/mol. The standard InChI is InChI=1S/C11H16N2O4/c1-17-10-4-7(2-3-9(10)12)11(16)13-8(5-14)6-15/h2-4,8,14-15H,5-6,12H2,1H3,(H,13,16). The second kappa shape index (κ2) is 6.07. The van der Waals surface area contributed by atoms with Crippen LogP contribution in [0.3, 0.4) is 0 Å². The normalized spacial score (nSPS) is 10.4. The van der Waals surface area contributed by atoms with Gasteiger partial charge in [-0.3, -0.25) is 4.79 Å². The quantitative estimate of drug-likeness (QED) is 0.512. The maximum Gasteiger partial charge on any atom is 0.251 e. The summed E-state index contributed by atoms with van der Waals surface area (Å²) in [7, 11) is 1.46. The lowest BCUT2D eigenvalue weighted by atomic mass is 10.1. The van der Waals surface area contributed by atoms with Crippen molar-refractivity contribution in [1.82, 2.24) is 5.32 Å². The van der Waals surface area contributed by atoms with E-state index in [0.29, 0.717) is 17.0 Å². The summed E-state index contributed by atoms with van der Waals surface area (Å²) in [5.41, 5.74) is 6.40. The first-order valence-corrected chi connectivity index (χ1v) is 5.08. The number of amides is 1. The van der Waals surface area contributed by atoms with Crippen LogP contribution >= 0.6 is 0 Å². The lowest BCUT2D eigenvalue weighted by Gasteiger charge is -2.14. The van der Waals surface area contributed by atoms with E-state index in [1.807, 2.05) is 0 Å². The number of aliphatic hydroxyl groups is 2. The molecule has 0 aliphatic carbocycles. The molecule has 0 heterocycles. The molecule has 0 unspecified atom stereocenters. The van der Waals surface area contributed by atoms with Gasteiger partial charge in [0.25, 0.3) is 5.91 Å². The van der Waals surface area contributed by atoms with Crippen LogP contribution in [0.2, 0.25) is 0 Å². The summed E-state index contributed by atoms with van der Waals surface area (Å²) in [4.78, 5) is 11.7. The molecule has 1 amide bonds. The number of carbonyl (C=O) groups excluding carboxylic acids is 1. The number of hydrogen-bond acceptors (Lipinski definition) is 5. The first-order chi connectivity index (χ1) is 8.12. The average molecular weight is 240 g/mol. The summed E-state index contributed by atoms with van der Waals surface area (Å²) in [5.74, 6) is -0.00130. The Hall–Kier alpha value is -1.79. The van der Waals surface area contributed by atoms with E-state index in [4.69, 9.17) is 20.7 Å². The Morgan fingerprint density at radius 1 is 1.47 bits per heavy atom. The van der Waals surface area contributed by atoms with Crippen molar-refractivity contribution in [2.24, 2.45) is 0 Å². The maximum atomic E-state index is 11.7. The number of nitrogens with one attached hydrogen (secondary N) is 1. The second-order valence-electron chi connectivity index (χ2n) is 3.49. The molecule has 1 aromatic carbocycles. The van der Waals surface area contributed by atoms with Crippen molar-refractivity contribution in [3.63, 3.8) is 0 Å². The number of nitrogen functional groups attached to an aromatic ring is 1. The minimum Gasteiger partial charge on any atom is -0.495 e. The molecule has 0 aliphatic rings. The van der Waals surface area contributed by atoms with Crippen molar-refractivity contribution >= 4 is 11.6 Å². The van der Waals surface area contributed by atoms with Crippen LogP contribution < -0.4 is 15.8 Å². The molecule has 94 valence electrons. The molecule has 17 heavy (non-hydrogen) atoms. The SMILES string of the molecule is COc1cc(C(=O)NC(CO)CO)ccc1N. The Bertz CT molecular complexity index is 391. The zero-order chi connectivity index (χ0) is 12.8. The largest absolute Gasteiger partial charge is 0.495 e. The molecule has 0 atom stereocenters. The van der Waals surface area contributed by atoms with Gasteiger partial charge in [0.2, 0.25) is 0 Å². The van der Waals surface area contributed by atoms with E-state index in [1.165, 1.54) is 13.2 Å². The van der Waals surface area contributed by atoms with E-state index >= 15 is 0 Å². The smallest absolute Gasteiger partial charge is 0.251 e. The Morgan fingerprint density at radius 3 is 2.65 bits per heavy atom. The molecule has 1 rings (SSSR count). The van der Waals surface area contributed by atoms with Crippen molar-refractivity contribution in [1.29, 1.82) is 0 Å². The average Bonchev–Trinajstić information content (AvgIpc) is 2.36. The molecular weight excluding hydrogens is 224 g/mol. The third-order valence-electron chi connectivity index (χ3n) is 2.27. The molecule has 0 saturated carbocycles. The lowest BCUT2D eigenvalue weighted by molar-refractivity contribution is 0.0879. The third-order valence-corrected chi connectivity index (χ3v) is 2.27. The van der Waals surface area contributed by atoms with E-state index in [9.17, 15) is 4.79 Å². The third kappa shape index (κ3) is 3.33. The fourth-order valence-corrected chi connectivity index (χ4v) is 1.27. The number of hydrogen-bond donors (Lipinski definition) is 4. The maximum absolute atomic E-state index is 11.7. The molecule has 1 aromatic rings. The van der Waals surface area contributed by atoms with Gasteiger partial charge in [0.1, 0.15) is 5.75 Å². The molecule has 0 fully saturated rings. The van der Waals surface area contributed by atoms with Crippen LogP contribution in [0.4, 0.5) is 5.69 Å². The molecule has 0 bridgehead atoms. The van der Waals surface area contributed by atoms with E-state index in [0.717, 1.165) is 0 Å². The molecule has 6 nitrogen and oxygen atoms in total. The molecule has 0 spiro atoms. The molecule has 0 aromatic heterocycles. The fraction of sp³-hybridized carbons (Fsp3) is 0.364. The van der Waals surface area contributed by atoms with Crippen LogP contribution in [0.5, 0.6) is 5.75 Å². The molecule has 0 aliphatic heterocycles. The lowest BCUT2D eigenvalue weighted by Crippen LogP contribution is -2.40. The number of nitrogens with two attached hydrogens (primary N) is 1. The van der Waals surface area contributed by atoms with E-state index < -0.39 is 11.9 Å². The number of rotatable bonds is 5. The number of methoxy groups -OCH3 is 1. The number of carbonyl (C=O) groups is 1. The van der Waals surface area contributed by atoms with Crippen molar-refractivity contribution in [2.75, 3.05) is 26.1 Å². The first kappa shape index (κ1) is 13.3. The topological polar surface area (TPSA) is 105 Å². The highest BCUT2D eigenvalue weighted by Gasteiger charge is 2.13. The van der Waals surface area contributed by atoms with E-state index in [1.54, 1.807) is 12.1 Å². The van der Waals surface area contributed by atoms with Gasteiger partial charge >= 0.3 is 0 Å². The van der Waals surface area contributed by atoms with Crippen molar-refractivity contribution in [3.8, 4) is 5.75 Å². The van der Waals surface area contributed by atoms with Crippen LogP contribution in [0.25, 0.3) is 0 Å². The van der Waals surface area contributed by atoms with Gasteiger partial charge in [-0.15, -0.1) is 0 Å². The minimum atomic E-state index is -0.675. The van der Waals surface area contributed by atoms with Crippen molar-refractivity contribution < 1.29 is 19.7 Å². The number of benzene rings is 1. The number of anilines is 1. The van der Waals surface area contributed by atoms with Crippen molar-refractivity contribution in [2.45, 2.75) is 6.04 Å². The van der Waals surface area contributed by atoms with Crippen LogP contribution in [-0.2, 0) is 0 Å². The number of aliphatic hydroxyl groups excluding tert-OH is 2. The van der Waals surface area contributed by atoms with E-state index in [-0.39, 0.29) is 13.2 Å². The summed E-state index contributed by atoms with van der Waals surface area (Å²) in [5, 5.41) is 20.2. The van der Waals surface area contributed by atoms with Gasteiger partial charge in [0, 0.05) is 5.56 Å². The molecule has 0 saturated heterocycles. The minimum absolute atomic E-state index is 0.325. The summed E-state index contributed by atoms with van der Waals surface area (Å²) in [6.07, 6.45) is 0. The van der Waals surface area contributed by atoms with E-state index in [2.05, 4.69) is 5.32 Å². The molecule has 6 heteroatoms. The van der Waals surface area contributed by atoms with Crippen LogP contribution in [0.15, 0.2) is 18.2 Å². The number of ether oxygens (including phenoxy) is 1. The fourth-order valence-electron chi connectivity index (χ4n) is 1.27. The monoisotopic (exact) mass is 240 g/mol. The summed E-state index contributed by atoms with van der Waals surface area (Å²) < 4.78 is 4.99. The highest BCUT2D eigenvalue weighted by atomic mass is 16.5. The second-order valence-corrected chi connectivity index (χ2v) is 3.49. The van der Waals surface area contributed by atoms with Gasteiger partial charge in [-0.05, 0) is 18.2 Å². The predicted octanol–water partition coefficient (Wildman–Crippen LogP) is -0.640. The van der Waals surface area contributed by atoms with Gasteiger partial charge in [-0.1, -0.05) is 0 Å². The Labute approximate surface area is 99.0 Å². The summed E-state index contributed by atoms with van der Waals surface area (Å²) in [6, 6.07) is 3.92. The molecule has 5 N–H and O–H groups in total. The Morgan fingerprint density at radius 2 is 2.12 bits per heavy atom. The van der Waals surface area contributed by atoms with Gasteiger partial charge < -0.3 is 26.0 Å².